The first-order valence-corrected chi connectivity index (χ1v) is 7.94. The first-order chi connectivity index (χ1) is 10.0. The maximum Gasteiger partial charge on any atom is 0.251 e. The number of hydrogen-bond donors (Lipinski definition) is 1. The number of aryl methyl sites for hydroxylation is 2. The number of benzene rings is 2. The Bertz CT molecular complexity index is 634. The summed E-state index contributed by atoms with van der Waals surface area (Å²) in [5.74, 6) is -0.0388. The lowest BCUT2D eigenvalue weighted by Gasteiger charge is -2.18. The van der Waals surface area contributed by atoms with Gasteiger partial charge in [0.2, 0.25) is 0 Å². The monoisotopic (exact) mass is 345 g/mol. The van der Waals surface area contributed by atoms with Crippen LogP contribution in [-0.4, -0.2) is 5.91 Å². The molecule has 0 aromatic heterocycles. The van der Waals surface area contributed by atoms with E-state index in [1.165, 1.54) is 5.56 Å². The zero-order valence-electron chi connectivity index (χ0n) is 12.6. The fourth-order valence-corrected chi connectivity index (χ4v) is 2.57. The summed E-state index contributed by atoms with van der Waals surface area (Å²) < 4.78 is 0.957. The second kappa shape index (κ2) is 6.90. The SMILES string of the molecule is CCC(NC(=O)c1ccc(C)c(Br)c1)c1ccc(C)cc1. The summed E-state index contributed by atoms with van der Waals surface area (Å²) in [4.78, 5) is 12.4. The summed E-state index contributed by atoms with van der Waals surface area (Å²) in [7, 11) is 0. The minimum atomic E-state index is -0.0388. The van der Waals surface area contributed by atoms with Gasteiger partial charge in [-0.3, -0.25) is 4.79 Å². The Labute approximate surface area is 134 Å². The molecule has 0 fully saturated rings. The number of nitrogens with one attached hydrogen (secondary N) is 1. The van der Waals surface area contributed by atoms with Crippen LogP contribution in [0.5, 0.6) is 0 Å². The second-order valence-electron chi connectivity index (χ2n) is 5.31. The average molecular weight is 346 g/mol. The summed E-state index contributed by atoms with van der Waals surface area (Å²) >= 11 is 3.47. The lowest BCUT2D eigenvalue weighted by Crippen LogP contribution is -2.28. The van der Waals surface area contributed by atoms with Crippen LogP contribution in [-0.2, 0) is 0 Å². The van der Waals surface area contributed by atoms with E-state index in [1.807, 2.05) is 25.1 Å². The number of hydrogen-bond acceptors (Lipinski definition) is 1. The van der Waals surface area contributed by atoms with Gasteiger partial charge in [0.05, 0.1) is 6.04 Å². The van der Waals surface area contributed by atoms with Gasteiger partial charge >= 0.3 is 0 Å². The molecule has 2 rings (SSSR count). The molecular formula is C18H20BrNO. The summed E-state index contributed by atoms with van der Waals surface area (Å²) in [5.41, 5.74) is 4.17. The van der Waals surface area contributed by atoms with Gasteiger partial charge in [-0.1, -0.05) is 58.7 Å². The number of halogens is 1. The standard InChI is InChI=1S/C18H20BrNO/c1-4-17(14-8-5-12(2)6-9-14)20-18(21)15-10-7-13(3)16(19)11-15/h5-11,17H,4H2,1-3H3,(H,20,21). The van der Waals surface area contributed by atoms with Crippen LogP contribution in [0.25, 0.3) is 0 Å². The fraction of sp³-hybridized carbons (Fsp3) is 0.278. The van der Waals surface area contributed by atoms with Crippen LogP contribution in [0.2, 0.25) is 0 Å². The van der Waals surface area contributed by atoms with Gasteiger partial charge in [-0.05, 0) is 43.5 Å². The van der Waals surface area contributed by atoms with Crippen molar-refractivity contribution in [3.63, 3.8) is 0 Å². The highest BCUT2D eigenvalue weighted by Gasteiger charge is 2.14. The highest BCUT2D eigenvalue weighted by Crippen LogP contribution is 2.20. The van der Waals surface area contributed by atoms with Crippen LogP contribution in [0.3, 0.4) is 0 Å². The van der Waals surface area contributed by atoms with Gasteiger partial charge in [-0.25, -0.2) is 0 Å². The van der Waals surface area contributed by atoms with E-state index in [0.29, 0.717) is 5.56 Å². The third-order valence-corrected chi connectivity index (χ3v) is 4.48. The van der Waals surface area contributed by atoms with E-state index in [9.17, 15) is 4.79 Å². The van der Waals surface area contributed by atoms with Crippen molar-refractivity contribution in [2.24, 2.45) is 0 Å². The van der Waals surface area contributed by atoms with Crippen LogP contribution in [0.1, 0.15) is 46.4 Å². The van der Waals surface area contributed by atoms with Gasteiger partial charge in [0, 0.05) is 10.0 Å². The predicted molar refractivity (Wildman–Crippen MR) is 90.6 cm³/mol. The second-order valence-corrected chi connectivity index (χ2v) is 6.16. The van der Waals surface area contributed by atoms with Crippen molar-refractivity contribution in [2.45, 2.75) is 33.2 Å². The zero-order valence-corrected chi connectivity index (χ0v) is 14.2. The smallest absolute Gasteiger partial charge is 0.251 e. The minimum Gasteiger partial charge on any atom is -0.345 e. The molecule has 1 amide bonds. The first kappa shape index (κ1) is 15.8. The van der Waals surface area contributed by atoms with E-state index in [0.717, 1.165) is 22.0 Å². The van der Waals surface area contributed by atoms with E-state index in [2.05, 4.69) is 59.4 Å². The largest absolute Gasteiger partial charge is 0.345 e. The van der Waals surface area contributed by atoms with Crippen LogP contribution in [0, 0.1) is 13.8 Å². The molecule has 1 atom stereocenters. The fourth-order valence-electron chi connectivity index (χ4n) is 2.20. The van der Waals surface area contributed by atoms with E-state index in [-0.39, 0.29) is 11.9 Å². The highest BCUT2D eigenvalue weighted by atomic mass is 79.9. The molecule has 110 valence electrons. The molecule has 1 unspecified atom stereocenters. The number of carbonyl (C=O) groups is 1. The molecule has 21 heavy (non-hydrogen) atoms. The van der Waals surface area contributed by atoms with Gasteiger partial charge in [0.25, 0.3) is 5.91 Å². The van der Waals surface area contributed by atoms with Crippen LogP contribution >= 0.6 is 15.9 Å². The molecule has 2 aromatic rings. The Morgan fingerprint density at radius 1 is 1.14 bits per heavy atom. The number of carbonyl (C=O) groups excluding carboxylic acids is 1. The Morgan fingerprint density at radius 3 is 2.38 bits per heavy atom. The molecule has 0 spiro atoms. The normalized spacial score (nSPS) is 12.0. The molecule has 0 heterocycles. The Morgan fingerprint density at radius 2 is 1.81 bits per heavy atom. The maximum absolute atomic E-state index is 12.4. The Kier molecular flexibility index (Phi) is 5.18. The lowest BCUT2D eigenvalue weighted by atomic mass is 10.0. The molecular weight excluding hydrogens is 326 g/mol. The van der Waals surface area contributed by atoms with Gasteiger partial charge in [0.1, 0.15) is 0 Å². The predicted octanol–water partition coefficient (Wildman–Crippen LogP) is 4.95. The van der Waals surface area contributed by atoms with Gasteiger partial charge in [-0.15, -0.1) is 0 Å². The van der Waals surface area contributed by atoms with Crippen molar-refractivity contribution in [3.05, 3.63) is 69.2 Å². The van der Waals surface area contributed by atoms with Crippen LogP contribution < -0.4 is 5.32 Å². The van der Waals surface area contributed by atoms with Crippen LogP contribution in [0.4, 0.5) is 0 Å². The Balaban J connectivity index is 2.15. The summed E-state index contributed by atoms with van der Waals surface area (Å²) in [6, 6.07) is 14.0. The van der Waals surface area contributed by atoms with Crippen molar-refractivity contribution in [1.82, 2.24) is 5.32 Å². The molecule has 0 saturated carbocycles. The molecule has 0 bridgehead atoms. The number of amides is 1. The van der Waals surface area contributed by atoms with Crippen molar-refractivity contribution in [3.8, 4) is 0 Å². The number of rotatable bonds is 4. The lowest BCUT2D eigenvalue weighted by molar-refractivity contribution is 0.0935. The quantitative estimate of drug-likeness (QED) is 0.834. The third-order valence-electron chi connectivity index (χ3n) is 3.63. The van der Waals surface area contributed by atoms with Crippen molar-refractivity contribution < 1.29 is 4.79 Å². The molecule has 0 saturated heterocycles. The highest BCUT2D eigenvalue weighted by molar-refractivity contribution is 9.10. The van der Waals surface area contributed by atoms with Gasteiger partial charge in [0.15, 0.2) is 0 Å². The van der Waals surface area contributed by atoms with E-state index in [4.69, 9.17) is 0 Å². The summed E-state index contributed by atoms with van der Waals surface area (Å²) in [6.07, 6.45) is 0.863. The van der Waals surface area contributed by atoms with Crippen molar-refractivity contribution in [1.29, 1.82) is 0 Å². The zero-order chi connectivity index (χ0) is 15.4. The molecule has 2 nitrogen and oxygen atoms in total. The molecule has 0 radical (unpaired) electrons. The first-order valence-electron chi connectivity index (χ1n) is 7.15. The summed E-state index contributed by atoms with van der Waals surface area (Å²) in [5, 5.41) is 3.11. The molecule has 0 aliphatic carbocycles. The van der Waals surface area contributed by atoms with Gasteiger partial charge in [-0.2, -0.15) is 0 Å². The van der Waals surface area contributed by atoms with Crippen molar-refractivity contribution in [2.75, 3.05) is 0 Å². The van der Waals surface area contributed by atoms with Crippen molar-refractivity contribution >= 4 is 21.8 Å². The maximum atomic E-state index is 12.4. The molecule has 3 heteroatoms. The average Bonchev–Trinajstić information content (AvgIpc) is 2.48. The molecule has 0 aliphatic heterocycles. The topological polar surface area (TPSA) is 29.1 Å². The summed E-state index contributed by atoms with van der Waals surface area (Å²) in [6.45, 7) is 6.15. The third kappa shape index (κ3) is 3.94. The Hall–Kier alpha value is -1.61. The van der Waals surface area contributed by atoms with Crippen LogP contribution in [0.15, 0.2) is 46.9 Å². The van der Waals surface area contributed by atoms with E-state index < -0.39 is 0 Å². The van der Waals surface area contributed by atoms with E-state index >= 15 is 0 Å². The molecule has 1 N–H and O–H groups in total. The molecule has 2 aromatic carbocycles. The molecule has 0 aliphatic rings. The van der Waals surface area contributed by atoms with E-state index in [1.54, 1.807) is 0 Å². The minimum absolute atomic E-state index is 0.0388. The van der Waals surface area contributed by atoms with Gasteiger partial charge < -0.3 is 5.32 Å².